The van der Waals surface area contributed by atoms with E-state index in [9.17, 15) is 10.2 Å². The number of rotatable bonds is 6. The Bertz CT molecular complexity index is 462. The highest BCUT2D eigenvalue weighted by molar-refractivity contribution is 5.16. The molecule has 0 saturated heterocycles. The molecular weight excluding hydrogens is 312 g/mol. The second-order valence-corrected chi connectivity index (χ2v) is 9.23. The Hall–Kier alpha value is -0.380. The quantitative estimate of drug-likeness (QED) is 0.707. The standard InChI is InChI=1S/C22H38O3/c1-4-5-6-20-19(15-7-8-17(23)11-15)12-16(14-25-3)21-13-18(24)9-10-22(20,21)2/h9-10,15-21,23-24H,4-8,11-14H2,1-3H3/t15-,16+,17+,18?,19+,20+,21?,22-/m1/s1. The van der Waals surface area contributed by atoms with E-state index >= 15 is 0 Å². The molecule has 3 nitrogen and oxygen atoms in total. The van der Waals surface area contributed by atoms with Crippen LogP contribution in [0.15, 0.2) is 12.2 Å². The van der Waals surface area contributed by atoms with Crippen molar-refractivity contribution in [2.24, 2.45) is 35.0 Å². The predicted molar refractivity (Wildman–Crippen MR) is 101 cm³/mol. The Kier molecular flexibility index (Phi) is 6.28. The smallest absolute Gasteiger partial charge is 0.0724 e. The SMILES string of the molecule is CCCC[C@H]1[C@H]([C@@H]2CC[C@H](O)C2)C[C@@H](COC)C2CC(O)C=C[C@@]21C. The van der Waals surface area contributed by atoms with Gasteiger partial charge in [0, 0.05) is 13.7 Å². The summed E-state index contributed by atoms with van der Waals surface area (Å²) in [6, 6.07) is 0. The Morgan fingerprint density at radius 1 is 1.16 bits per heavy atom. The van der Waals surface area contributed by atoms with E-state index in [2.05, 4.69) is 19.9 Å². The monoisotopic (exact) mass is 350 g/mol. The molecule has 0 heterocycles. The number of unbranched alkanes of at least 4 members (excludes halogenated alkanes) is 1. The normalized spacial score (nSPS) is 47.0. The molecule has 3 aliphatic rings. The number of methoxy groups -OCH3 is 1. The fraction of sp³-hybridized carbons (Fsp3) is 0.909. The third kappa shape index (κ3) is 3.84. The van der Waals surface area contributed by atoms with E-state index in [4.69, 9.17) is 4.74 Å². The fourth-order valence-electron chi connectivity index (χ4n) is 6.52. The molecule has 0 aliphatic heterocycles. The van der Waals surface area contributed by atoms with E-state index in [1.165, 1.54) is 32.1 Å². The lowest BCUT2D eigenvalue weighted by Crippen LogP contribution is -2.52. The molecule has 25 heavy (non-hydrogen) atoms. The van der Waals surface area contributed by atoms with Gasteiger partial charge in [0.2, 0.25) is 0 Å². The molecular formula is C22H38O3. The second-order valence-electron chi connectivity index (χ2n) is 9.23. The molecule has 3 aliphatic carbocycles. The first-order valence-corrected chi connectivity index (χ1v) is 10.5. The summed E-state index contributed by atoms with van der Waals surface area (Å²) in [7, 11) is 1.81. The summed E-state index contributed by atoms with van der Waals surface area (Å²) in [5, 5.41) is 20.4. The molecule has 0 radical (unpaired) electrons. The van der Waals surface area contributed by atoms with Crippen LogP contribution in [0.2, 0.25) is 0 Å². The summed E-state index contributed by atoms with van der Waals surface area (Å²) < 4.78 is 5.60. The van der Waals surface area contributed by atoms with Crippen LogP contribution in [0.4, 0.5) is 0 Å². The van der Waals surface area contributed by atoms with Crippen LogP contribution in [0.5, 0.6) is 0 Å². The number of aliphatic hydroxyl groups excluding tert-OH is 2. The van der Waals surface area contributed by atoms with Gasteiger partial charge >= 0.3 is 0 Å². The molecule has 2 fully saturated rings. The average molecular weight is 351 g/mol. The van der Waals surface area contributed by atoms with Crippen molar-refractivity contribution >= 4 is 0 Å². The van der Waals surface area contributed by atoms with Crippen molar-refractivity contribution in [3.63, 3.8) is 0 Å². The van der Waals surface area contributed by atoms with Crippen LogP contribution in [0.1, 0.15) is 65.2 Å². The summed E-state index contributed by atoms with van der Waals surface area (Å²) in [6.07, 6.45) is 13.0. The number of aliphatic hydroxyl groups is 2. The highest BCUT2D eigenvalue weighted by atomic mass is 16.5. The Balaban J connectivity index is 1.91. The van der Waals surface area contributed by atoms with Crippen molar-refractivity contribution in [1.29, 1.82) is 0 Å². The van der Waals surface area contributed by atoms with E-state index in [0.29, 0.717) is 29.6 Å². The van der Waals surface area contributed by atoms with Gasteiger partial charge in [-0.2, -0.15) is 0 Å². The van der Waals surface area contributed by atoms with Gasteiger partial charge in [-0.15, -0.1) is 0 Å². The molecule has 0 aromatic heterocycles. The Morgan fingerprint density at radius 3 is 2.60 bits per heavy atom. The van der Waals surface area contributed by atoms with Gasteiger partial charge in [-0.3, -0.25) is 0 Å². The minimum Gasteiger partial charge on any atom is -0.393 e. The van der Waals surface area contributed by atoms with Crippen molar-refractivity contribution in [3.05, 3.63) is 12.2 Å². The second kappa shape index (κ2) is 8.10. The lowest BCUT2D eigenvalue weighted by atomic mass is 9.48. The summed E-state index contributed by atoms with van der Waals surface area (Å²) in [5.74, 6) is 3.05. The van der Waals surface area contributed by atoms with Gasteiger partial charge in [0.05, 0.1) is 12.2 Å². The van der Waals surface area contributed by atoms with E-state index in [1.54, 1.807) is 0 Å². The predicted octanol–water partition coefficient (Wildman–Crippen LogP) is 4.18. The molecule has 144 valence electrons. The zero-order chi connectivity index (χ0) is 18.0. The van der Waals surface area contributed by atoms with E-state index in [-0.39, 0.29) is 17.6 Å². The molecule has 8 atom stereocenters. The zero-order valence-electron chi connectivity index (χ0n) is 16.4. The van der Waals surface area contributed by atoms with Crippen molar-refractivity contribution in [1.82, 2.24) is 0 Å². The molecule has 0 amide bonds. The highest BCUT2D eigenvalue weighted by Gasteiger charge is 2.54. The molecule has 3 rings (SSSR count). The Morgan fingerprint density at radius 2 is 1.96 bits per heavy atom. The molecule has 3 heteroatoms. The minimum atomic E-state index is -0.297. The maximum Gasteiger partial charge on any atom is 0.0724 e. The van der Waals surface area contributed by atoms with Crippen LogP contribution in [0.3, 0.4) is 0 Å². The van der Waals surface area contributed by atoms with Gasteiger partial charge in [-0.05, 0) is 73.5 Å². The van der Waals surface area contributed by atoms with Crippen LogP contribution in [0, 0.1) is 35.0 Å². The number of allylic oxidation sites excluding steroid dienone is 1. The highest BCUT2D eigenvalue weighted by Crippen LogP contribution is 2.59. The van der Waals surface area contributed by atoms with Gasteiger partial charge < -0.3 is 14.9 Å². The largest absolute Gasteiger partial charge is 0.393 e. The van der Waals surface area contributed by atoms with Gasteiger partial charge in [0.25, 0.3) is 0 Å². The van der Waals surface area contributed by atoms with Crippen LogP contribution >= 0.6 is 0 Å². The molecule has 0 bridgehead atoms. The van der Waals surface area contributed by atoms with Crippen molar-refractivity contribution < 1.29 is 14.9 Å². The van der Waals surface area contributed by atoms with Crippen LogP contribution in [-0.2, 0) is 4.74 Å². The maximum absolute atomic E-state index is 10.3. The van der Waals surface area contributed by atoms with Crippen molar-refractivity contribution in [2.75, 3.05) is 13.7 Å². The van der Waals surface area contributed by atoms with E-state index < -0.39 is 0 Å². The lowest BCUT2D eigenvalue weighted by Gasteiger charge is -2.57. The molecule has 2 N–H and O–H groups in total. The van der Waals surface area contributed by atoms with Crippen molar-refractivity contribution in [3.8, 4) is 0 Å². The molecule has 0 spiro atoms. The topological polar surface area (TPSA) is 49.7 Å². The summed E-state index contributed by atoms with van der Waals surface area (Å²) >= 11 is 0. The fourth-order valence-corrected chi connectivity index (χ4v) is 6.52. The summed E-state index contributed by atoms with van der Waals surface area (Å²) in [5.41, 5.74) is 0.161. The number of hydrogen-bond donors (Lipinski definition) is 2. The molecule has 0 aromatic rings. The Labute approximate surface area is 153 Å². The minimum absolute atomic E-state index is 0.0908. The van der Waals surface area contributed by atoms with E-state index in [0.717, 1.165) is 25.9 Å². The summed E-state index contributed by atoms with van der Waals surface area (Å²) in [6.45, 7) is 5.53. The van der Waals surface area contributed by atoms with E-state index in [1.807, 2.05) is 13.2 Å². The lowest BCUT2D eigenvalue weighted by molar-refractivity contribution is -0.0787. The third-order valence-electron chi connectivity index (χ3n) is 7.73. The van der Waals surface area contributed by atoms with Gasteiger partial charge in [0.15, 0.2) is 0 Å². The van der Waals surface area contributed by atoms with Gasteiger partial charge in [0.1, 0.15) is 0 Å². The first kappa shape index (κ1) is 19.4. The molecule has 0 aromatic carbocycles. The average Bonchev–Trinajstić information content (AvgIpc) is 3.01. The third-order valence-corrected chi connectivity index (χ3v) is 7.73. The first-order valence-electron chi connectivity index (χ1n) is 10.5. The first-order chi connectivity index (χ1) is 12.0. The molecule has 2 saturated carbocycles. The molecule has 2 unspecified atom stereocenters. The van der Waals surface area contributed by atoms with Crippen molar-refractivity contribution in [2.45, 2.75) is 77.4 Å². The van der Waals surface area contributed by atoms with Crippen LogP contribution < -0.4 is 0 Å². The van der Waals surface area contributed by atoms with Crippen LogP contribution in [0.25, 0.3) is 0 Å². The summed E-state index contributed by atoms with van der Waals surface area (Å²) in [4.78, 5) is 0. The zero-order valence-corrected chi connectivity index (χ0v) is 16.4. The maximum atomic E-state index is 10.3. The van der Waals surface area contributed by atoms with Gasteiger partial charge in [-0.1, -0.05) is 38.8 Å². The number of hydrogen-bond acceptors (Lipinski definition) is 3. The number of ether oxygens (including phenoxy) is 1. The number of fused-ring (bicyclic) bond motifs is 1. The van der Waals surface area contributed by atoms with Crippen LogP contribution in [-0.4, -0.2) is 36.1 Å². The van der Waals surface area contributed by atoms with Gasteiger partial charge in [-0.25, -0.2) is 0 Å².